The van der Waals surface area contributed by atoms with Crippen LogP contribution in [0.15, 0.2) is 54.6 Å². The molecule has 0 radical (unpaired) electrons. The Balaban J connectivity index is 2.00. The van der Waals surface area contributed by atoms with Crippen molar-refractivity contribution in [2.45, 2.75) is 32.7 Å². The molecule has 4 aromatic rings. The molecular weight excluding hydrogens is 386 g/mol. The largest absolute Gasteiger partial charge is 0.463 e. The van der Waals surface area contributed by atoms with Crippen molar-refractivity contribution in [1.82, 2.24) is 14.5 Å². The quantitative estimate of drug-likeness (QED) is 0.340. The van der Waals surface area contributed by atoms with Crippen LogP contribution in [0.3, 0.4) is 0 Å². The lowest BCUT2D eigenvalue weighted by Gasteiger charge is -2.29. The molecule has 6 heteroatoms. The van der Waals surface area contributed by atoms with E-state index in [2.05, 4.69) is 21.7 Å². The molecule has 2 aromatic heterocycles. The van der Waals surface area contributed by atoms with E-state index < -0.39 is 5.54 Å². The monoisotopic (exact) mass is 407 g/mol. The summed E-state index contributed by atoms with van der Waals surface area (Å²) < 4.78 is 7.54. The molecule has 148 valence electrons. The second-order valence-corrected chi connectivity index (χ2v) is 8.09. The van der Waals surface area contributed by atoms with Crippen LogP contribution < -0.4 is 0 Å². The van der Waals surface area contributed by atoms with Gasteiger partial charge in [0.1, 0.15) is 17.9 Å². The second kappa shape index (κ2) is 7.48. The molecule has 5 nitrogen and oxygen atoms in total. The molecule has 29 heavy (non-hydrogen) atoms. The van der Waals surface area contributed by atoms with Gasteiger partial charge in [0.05, 0.1) is 16.6 Å². The number of hydrogen-bond acceptors (Lipinski definition) is 4. The smallest absolute Gasteiger partial charge is 0.302 e. The number of hydrogen-bond donors (Lipinski definition) is 0. The Morgan fingerprint density at radius 1 is 1.07 bits per heavy atom. The van der Waals surface area contributed by atoms with Gasteiger partial charge in [-0.05, 0) is 25.5 Å². The summed E-state index contributed by atoms with van der Waals surface area (Å²) in [6, 6.07) is 18.0. The third-order valence-corrected chi connectivity index (χ3v) is 5.22. The van der Waals surface area contributed by atoms with E-state index in [1.54, 1.807) is 0 Å². The lowest BCUT2D eigenvalue weighted by atomic mass is 10.0. The van der Waals surface area contributed by atoms with Gasteiger partial charge >= 0.3 is 5.97 Å². The summed E-state index contributed by atoms with van der Waals surface area (Å²) in [6.07, 6.45) is 0.629. The molecule has 0 amide bonds. The van der Waals surface area contributed by atoms with E-state index >= 15 is 0 Å². The third-order valence-electron chi connectivity index (χ3n) is 4.96. The van der Waals surface area contributed by atoms with Crippen molar-refractivity contribution in [2.75, 3.05) is 6.61 Å². The maximum absolute atomic E-state index is 11.5. The number of ether oxygens (including phenoxy) is 1. The Bertz CT molecular complexity index is 1200. The molecule has 0 spiro atoms. The number of para-hydroxylation sites is 1. The molecule has 0 unspecified atom stereocenters. The zero-order chi connectivity index (χ0) is 20.6. The van der Waals surface area contributed by atoms with E-state index in [4.69, 9.17) is 21.3 Å². The van der Waals surface area contributed by atoms with Gasteiger partial charge in [0.2, 0.25) is 0 Å². The van der Waals surface area contributed by atoms with Gasteiger partial charge in [0.25, 0.3) is 0 Å². The van der Waals surface area contributed by atoms with Crippen LogP contribution in [0.2, 0.25) is 5.15 Å². The van der Waals surface area contributed by atoms with Gasteiger partial charge in [-0.3, -0.25) is 4.79 Å². The Morgan fingerprint density at radius 3 is 2.48 bits per heavy atom. The molecule has 4 rings (SSSR count). The number of halogens is 1. The topological polar surface area (TPSA) is 57.0 Å². The minimum absolute atomic E-state index is 0.226. The predicted octanol–water partition coefficient (Wildman–Crippen LogP) is 5.13. The molecule has 0 aliphatic carbocycles. The second-order valence-electron chi connectivity index (χ2n) is 7.74. The first kappa shape index (κ1) is 19.4. The summed E-state index contributed by atoms with van der Waals surface area (Å²) >= 11 is 6.53. The number of esters is 1. The molecule has 0 saturated carbocycles. The highest BCUT2D eigenvalue weighted by Crippen LogP contribution is 2.34. The Kier molecular flexibility index (Phi) is 5.01. The summed E-state index contributed by atoms with van der Waals surface area (Å²) in [7, 11) is 0. The van der Waals surface area contributed by atoms with E-state index in [0.29, 0.717) is 17.1 Å². The SMILES string of the molecule is CC(=O)OCC(C)(C)n1c(Cc2ccccc2)nc2c(Cl)nc3ccccc3c21. The number of carbonyl (C=O) groups excluding carboxylic acids is 1. The third kappa shape index (κ3) is 3.70. The molecule has 0 aliphatic heterocycles. The average Bonchev–Trinajstić information content (AvgIpc) is 3.08. The number of fused-ring (bicyclic) bond motifs is 3. The maximum atomic E-state index is 11.5. The molecule has 0 atom stereocenters. The number of imidazole rings is 1. The molecule has 0 bridgehead atoms. The van der Waals surface area contributed by atoms with Crippen LogP contribution in [0, 0.1) is 0 Å². The summed E-state index contributed by atoms with van der Waals surface area (Å²) in [6.45, 7) is 5.72. The van der Waals surface area contributed by atoms with Crippen molar-refractivity contribution in [1.29, 1.82) is 0 Å². The number of aromatic nitrogens is 3. The van der Waals surface area contributed by atoms with Crippen LogP contribution in [0.4, 0.5) is 0 Å². The van der Waals surface area contributed by atoms with Gasteiger partial charge in [-0.15, -0.1) is 0 Å². The summed E-state index contributed by atoms with van der Waals surface area (Å²) in [5.74, 6) is 0.542. The average molecular weight is 408 g/mol. The molecule has 0 N–H and O–H groups in total. The van der Waals surface area contributed by atoms with Crippen LogP contribution >= 0.6 is 11.6 Å². The fourth-order valence-corrected chi connectivity index (χ4v) is 3.90. The summed E-state index contributed by atoms with van der Waals surface area (Å²) in [5, 5.41) is 1.34. The molecule has 0 fully saturated rings. The number of nitrogens with zero attached hydrogens (tertiary/aromatic N) is 3. The molecule has 0 aliphatic rings. The first-order valence-electron chi connectivity index (χ1n) is 9.50. The minimum atomic E-state index is -0.530. The first-order valence-corrected chi connectivity index (χ1v) is 9.88. The lowest BCUT2D eigenvalue weighted by molar-refractivity contribution is -0.143. The van der Waals surface area contributed by atoms with E-state index in [9.17, 15) is 4.79 Å². The van der Waals surface area contributed by atoms with Crippen molar-refractivity contribution < 1.29 is 9.53 Å². The minimum Gasteiger partial charge on any atom is -0.463 e. The Labute approximate surface area is 174 Å². The lowest BCUT2D eigenvalue weighted by Crippen LogP contribution is -2.34. The zero-order valence-corrected chi connectivity index (χ0v) is 17.4. The molecule has 2 aromatic carbocycles. The van der Waals surface area contributed by atoms with Gasteiger partial charge in [-0.25, -0.2) is 9.97 Å². The maximum Gasteiger partial charge on any atom is 0.302 e. The fourth-order valence-electron chi connectivity index (χ4n) is 3.68. The predicted molar refractivity (Wildman–Crippen MR) is 115 cm³/mol. The zero-order valence-electron chi connectivity index (χ0n) is 16.6. The molecule has 2 heterocycles. The summed E-state index contributed by atoms with van der Waals surface area (Å²) in [4.78, 5) is 20.9. The summed E-state index contributed by atoms with van der Waals surface area (Å²) in [5.41, 5.74) is 2.98. The van der Waals surface area contributed by atoms with Crippen molar-refractivity contribution in [2.24, 2.45) is 0 Å². The Hall–Kier alpha value is -2.92. The van der Waals surface area contributed by atoms with Crippen LogP contribution in [-0.2, 0) is 21.5 Å². The number of carbonyl (C=O) groups is 1. The van der Waals surface area contributed by atoms with Crippen LogP contribution in [0.5, 0.6) is 0 Å². The van der Waals surface area contributed by atoms with Gasteiger partial charge in [-0.1, -0.05) is 60.1 Å². The molecular formula is C23H22ClN3O2. The normalized spacial score (nSPS) is 11.9. The van der Waals surface area contributed by atoms with E-state index in [-0.39, 0.29) is 12.6 Å². The van der Waals surface area contributed by atoms with Crippen LogP contribution in [-0.4, -0.2) is 27.1 Å². The van der Waals surface area contributed by atoms with Gasteiger partial charge in [0.15, 0.2) is 5.15 Å². The highest BCUT2D eigenvalue weighted by atomic mass is 35.5. The Morgan fingerprint density at radius 2 is 1.76 bits per heavy atom. The van der Waals surface area contributed by atoms with Crippen molar-refractivity contribution in [3.63, 3.8) is 0 Å². The highest BCUT2D eigenvalue weighted by Gasteiger charge is 2.29. The standard InChI is InChI=1S/C23H22ClN3O2/c1-15(28)29-14-23(2,3)27-19(13-16-9-5-4-6-10-16)26-20-21(27)17-11-7-8-12-18(17)25-22(20)24/h4-12H,13-14H2,1-3H3. The van der Waals surface area contributed by atoms with Crippen molar-refractivity contribution in [3.05, 3.63) is 71.1 Å². The first-order chi connectivity index (χ1) is 13.9. The van der Waals surface area contributed by atoms with E-state index in [1.165, 1.54) is 6.92 Å². The highest BCUT2D eigenvalue weighted by molar-refractivity contribution is 6.35. The van der Waals surface area contributed by atoms with Crippen LogP contribution in [0.25, 0.3) is 21.9 Å². The van der Waals surface area contributed by atoms with E-state index in [0.717, 1.165) is 27.8 Å². The fraction of sp³-hybridized carbons (Fsp3) is 0.261. The van der Waals surface area contributed by atoms with Crippen molar-refractivity contribution >= 4 is 39.5 Å². The number of benzene rings is 2. The van der Waals surface area contributed by atoms with Crippen molar-refractivity contribution in [3.8, 4) is 0 Å². The van der Waals surface area contributed by atoms with Gasteiger partial charge in [0, 0.05) is 18.7 Å². The molecule has 0 saturated heterocycles. The van der Waals surface area contributed by atoms with Gasteiger partial charge < -0.3 is 9.30 Å². The number of rotatable bonds is 5. The van der Waals surface area contributed by atoms with E-state index in [1.807, 2.05) is 56.3 Å². The number of pyridine rings is 1. The van der Waals surface area contributed by atoms with Gasteiger partial charge in [-0.2, -0.15) is 0 Å². The van der Waals surface area contributed by atoms with Crippen LogP contribution in [0.1, 0.15) is 32.2 Å².